The number of amidine groups is 1. The number of amides is 1. The molecule has 4 N–H and O–H groups in total. The molecule has 0 aliphatic carbocycles. The number of hydrazone groups is 1. The van der Waals surface area contributed by atoms with Gasteiger partial charge in [0.2, 0.25) is 0 Å². The highest BCUT2D eigenvalue weighted by atomic mass is 32.2. The third-order valence-electron chi connectivity index (χ3n) is 5.23. The zero-order valence-electron chi connectivity index (χ0n) is 19.4. The van der Waals surface area contributed by atoms with Crippen LogP contribution in [0.5, 0.6) is 5.75 Å². The summed E-state index contributed by atoms with van der Waals surface area (Å²) in [6, 6.07) is 8.20. The van der Waals surface area contributed by atoms with Gasteiger partial charge in [-0.05, 0) is 50.1 Å². The zero-order chi connectivity index (χ0) is 24.5. The maximum atomic E-state index is 13.8. The van der Waals surface area contributed by atoms with Gasteiger partial charge < -0.3 is 30.8 Å². The van der Waals surface area contributed by atoms with Crippen molar-refractivity contribution < 1.29 is 18.7 Å². The van der Waals surface area contributed by atoms with Gasteiger partial charge in [0.05, 0.1) is 12.5 Å². The first-order valence-corrected chi connectivity index (χ1v) is 11.8. The van der Waals surface area contributed by atoms with Crippen molar-refractivity contribution in [2.24, 2.45) is 10.9 Å². The molecule has 0 spiro atoms. The molecule has 1 unspecified atom stereocenters. The number of benzene rings is 1. The number of methoxy groups -OCH3 is 1. The maximum absolute atomic E-state index is 13.8. The van der Waals surface area contributed by atoms with Crippen LogP contribution in [-0.4, -0.2) is 59.5 Å². The molecule has 2 heterocycles. The summed E-state index contributed by atoms with van der Waals surface area (Å²) < 4.78 is 24.4. The molecular weight excluding hydrogens is 461 g/mol. The minimum absolute atomic E-state index is 0.0296. The Morgan fingerprint density at radius 2 is 2.26 bits per heavy atom. The van der Waals surface area contributed by atoms with Crippen LogP contribution < -0.4 is 26.1 Å². The number of aromatic nitrogens is 2. The second kappa shape index (κ2) is 12.5. The Hall–Kier alpha value is -2.96. The van der Waals surface area contributed by atoms with E-state index in [0.29, 0.717) is 5.56 Å². The van der Waals surface area contributed by atoms with Crippen LogP contribution in [0.3, 0.4) is 0 Å². The molecule has 1 amide bonds. The third-order valence-corrected chi connectivity index (χ3v) is 6.15. The summed E-state index contributed by atoms with van der Waals surface area (Å²) in [5, 5.41) is 18.2. The Kier molecular flexibility index (Phi) is 9.42. The molecule has 34 heavy (non-hydrogen) atoms. The molecule has 1 saturated heterocycles. The second-order valence-corrected chi connectivity index (χ2v) is 8.92. The SMILES string of the molecule is CCO[C@@H](C(=O)N/C(=N/N)SC(C)N[C@@H]1CCN(c2cccnn2)C1)c1ccc(F)c(OC)c1. The van der Waals surface area contributed by atoms with Crippen molar-refractivity contribution >= 4 is 28.7 Å². The number of hydrogen-bond acceptors (Lipinski definition) is 10. The van der Waals surface area contributed by atoms with E-state index < -0.39 is 17.8 Å². The lowest BCUT2D eigenvalue weighted by Crippen LogP contribution is -2.40. The van der Waals surface area contributed by atoms with Crippen molar-refractivity contribution in [3.63, 3.8) is 0 Å². The number of carbonyl (C=O) groups is 1. The lowest BCUT2D eigenvalue weighted by Gasteiger charge is -2.22. The molecule has 0 radical (unpaired) electrons. The van der Waals surface area contributed by atoms with Gasteiger partial charge in [-0.25, -0.2) is 4.39 Å². The van der Waals surface area contributed by atoms with Gasteiger partial charge in [-0.2, -0.15) is 10.2 Å². The Morgan fingerprint density at radius 3 is 2.94 bits per heavy atom. The van der Waals surface area contributed by atoms with E-state index in [1.54, 1.807) is 13.1 Å². The highest BCUT2D eigenvalue weighted by molar-refractivity contribution is 8.14. The minimum Gasteiger partial charge on any atom is -0.494 e. The van der Waals surface area contributed by atoms with Gasteiger partial charge in [0, 0.05) is 31.9 Å². The van der Waals surface area contributed by atoms with Crippen LogP contribution in [0.1, 0.15) is 31.9 Å². The highest BCUT2D eigenvalue weighted by Crippen LogP contribution is 2.26. The van der Waals surface area contributed by atoms with E-state index in [4.69, 9.17) is 15.3 Å². The van der Waals surface area contributed by atoms with Gasteiger partial charge >= 0.3 is 0 Å². The average molecular weight is 492 g/mol. The summed E-state index contributed by atoms with van der Waals surface area (Å²) in [4.78, 5) is 15.1. The predicted octanol–water partition coefficient (Wildman–Crippen LogP) is 2.00. The molecule has 3 atom stereocenters. The van der Waals surface area contributed by atoms with Crippen molar-refractivity contribution in [2.45, 2.75) is 37.8 Å². The number of nitrogens with one attached hydrogen (secondary N) is 2. The molecule has 12 heteroatoms. The Balaban J connectivity index is 1.56. The van der Waals surface area contributed by atoms with E-state index in [9.17, 15) is 9.18 Å². The molecule has 2 aromatic rings. The fraction of sp³-hybridized carbons (Fsp3) is 0.455. The van der Waals surface area contributed by atoms with Crippen LogP contribution >= 0.6 is 11.8 Å². The summed E-state index contributed by atoms with van der Waals surface area (Å²) in [6.07, 6.45) is 1.62. The van der Waals surface area contributed by atoms with Crippen LogP contribution in [0.2, 0.25) is 0 Å². The molecule has 1 aromatic heterocycles. The molecule has 3 rings (SSSR count). The van der Waals surface area contributed by atoms with Crippen LogP contribution in [0.4, 0.5) is 10.2 Å². The largest absolute Gasteiger partial charge is 0.494 e. The Labute approximate surface area is 202 Å². The monoisotopic (exact) mass is 491 g/mol. The number of nitrogens with zero attached hydrogens (tertiary/aromatic N) is 4. The van der Waals surface area contributed by atoms with Gasteiger partial charge in [0.25, 0.3) is 5.91 Å². The van der Waals surface area contributed by atoms with Gasteiger partial charge in [0.15, 0.2) is 28.7 Å². The smallest absolute Gasteiger partial charge is 0.259 e. The zero-order valence-corrected chi connectivity index (χ0v) is 20.2. The quantitative estimate of drug-likeness (QED) is 0.159. The van der Waals surface area contributed by atoms with Crippen LogP contribution in [0, 0.1) is 5.82 Å². The molecular formula is C22H30FN7O3S. The molecule has 1 aliphatic rings. The summed E-state index contributed by atoms with van der Waals surface area (Å²) in [5.74, 6) is 5.44. The summed E-state index contributed by atoms with van der Waals surface area (Å²) >= 11 is 1.29. The first-order valence-electron chi connectivity index (χ1n) is 10.9. The molecule has 0 bridgehead atoms. The van der Waals surface area contributed by atoms with Crippen LogP contribution in [0.15, 0.2) is 41.6 Å². The summed E-state index contributed by atoms with van der Waals surface area (Å²) in [7, 11) is 1.36. The molecule has 0 saturated carbocycles. The fourth-order valence-electron chi connectivity index (χ4n) is 3.69. The van der Waals surface area contributed by atoms with E-state index in [0.717, 1.165) is 25.3 Å². The lowest BCUT2D eigenvalue weighted by molar-refractivity contribution is -0.131. The van der Waals surface area contributed by atoms with E-state index in [2.05, 4.69) is 30.8 Å². The molecule has 10 nitrogen and oxygen atoms in total. The number of halogens is 1. The second-order valence-electron chi connectivity index (χ2n) is 7.59. The van der Waals surface area contributed by atoms with Crippen LogP contribution in [0.25, 0.3) is 0 Å². The molecule has 1 fully saturated rings. The Bertz CT molecular complexity index is 982. The topological polar surface area (TPSA) is 127 Å². The number of ether oxygens (including phenoxy) is 2. The first-order chi connectivity index (χ1) is 16.4. The third kappa shape index (κ3) is 6.78. The first kappa shape index (κ1) is 25.7. The molecule has 184 valence electrons. The number of nitrogens with two attached hydrogens (primary N) is 1. The van der Waals surface area contributed by atoms with Gasteiger partial charge in [-0.3, -0.25) is 4.79 Å². The van der Waals surface area contributed by atoms with Crippen molar-refractivity contribution in [3.8, 4) is 5.75 Å². The molecule has 1 aromatic carbocycles. The standard InChI is InChI=1S/C22H30FN7O3S/c1-4-33-20(15-7-8-17(23)18(12-15)32-3)21(31)27-22(28-24)34-14(2)26-16-9-11-30(13-16)19-6-5-10-25-29-19/h5-8,10,12,14,16,20,26H,4,9,11,13,24H2,1-3H3,(H,27,28,31)/t14?,16-,20-/m1/s1. The predicted molar refractivity (Wildman–Crippen MR) is 130 cm³/mol. The van der Waals surface area contributed by atoms with E-state index >= 15 is 0 Å². The number of hydrogen-bond donors (Lipinski definition) is 3. The Morgan fingerprint density at radius 1 is 1.44 bits per heavy atom. The number of thioether (sulfide) groups is 1. The minimum atomic E-state index is -0.976. The van der Waals surface area contributed by atoms with E-state index in [1.165, 1.54) is 37.1 Å². The number of rotatable bonds is 9. The van der Waals surface area contributed by atoms with E-state index in [1.807, 2.05) is 19.1 Å². The molecule has 1 aliphatic heterocycles. The lowest BCUT2D eigenvalue weighted by atomic mass is 10.1. The van der Waals surface area contributed by atoms with Crippen molar-refractivity contribution in [1.82, 2.24) is 20.8 Å². The normalized spacial score (nSPS) is 17.9. The highest BCUT2D eigenvalue weighted by Gasteiger charge is 2.27. The summed E-state index contributed by atoms with van der Waals surface area (Å²) in [5.41, 5.74) is 0.459. The number of carbonyl (C=O) groups excluding carboxylic acids is 1. The maximum Gasteiger partial charge on any atom is 0.259 e. The van der Waals surface area contributed by atoms with Gasteiger partial charge in [-0.1, -0.05) is 17.8 Å². The fourth-order valence-corrected chi connectivity index (χ4v) is 4.51. The average Bonchev–Trinajstić information content (AvgIpc) is 3.31. The van der Waals surface area contributed by atoms with Crippen LogP contribution in [-0.2, 0) is 9.53 Å². The van der Waals surface area contributed by atoms with E-state index in [-0.39, 0.29) is 28.9 Å². The van der Waals surface area contributed by atoms with Gasteiger partial charge in [-0.15, -0.1) is 5.10 Å². The van der Waals surface area contributed by atoms with Gasteiger partial charge in [0.1, 0.15) is 0 Å². The van der Waals surface area contributed by atoms with Crippen molar-refractivity contribution in [2.75, 3.05) is 31.7 Å². The van der Waals surface area contributed by atoms with Crippen molar-refractivity contribution in [1.29, 1.82) is 0 Å². The summed E-state index contributed by atoms with van der Waals surface area (Å²) in [6.45, 7) is 5.69. The number of anilines is 1. The van der Waals surface area contributed by atoms with Crippen molar-refractivity contribution in [3.05, 3.63) is 47.9 Å².